The van der Waals surface area contributed by atoms with Gasteiger partial charge in [-0.1, -0.05) is 12.1 Å². The van der Waals surface area contributed by atoms with Gasteiger partial charge in [-0.3, -0.25) is 9.59 Å². The van der Waals surface area contributed by atoms with Crippen LogP contribution >= 0.6 is 12.6 Å². The summed E-state index contributed by atoms with van der Waals surface area (Å²) in [6.45, 7) is 0.639. The lowest BCUT2D eigenvalue weighted by molar-refractivity contribution is -0.117. The number of thiol groups is 1. The second-order valence-electron chi connectivity index (χ2n) is 4.97. The minimum absolute atomic E-state index is 0.0676. The highest BCUT2D eigenvalue weighted by Crippen LogP contribution is 2.29. The maximum atomic E-state index is 12.2. The topological polar surface area (TPSA) is 40.6 Å². The number of carbonyl (C=O) groups excluding carboxylic acids is 2. The van der Waals surface area contributed by atoms with Crippen molar-refractivity contribution in [2.75, 3.05) is 31.3 Å². The summed E-state index contributed by atoms with van der Waals surface area (Å²) in [6.07, 6.45) is 0.508. The quantitative estimate of drug-likeness (QED) is 0.855. The molecule has 1 atom stereocenters. The molecule has 1 unspecified atom stereocenters. The second kappa shape index (κ2) is 5.65. The van der Waals surface area contributed by atoms with Crippen molar-refractivity contribution in [3.05, 3.63) is 29.8 Å². The second-order valence-corrected chi connectivity index (χ2v) is 5.34. The third-order valence-corrected chi connectivity index (χ3v) is 3.81. The zero-order chi connectivity index (χ0) is 14.0. The molecule has 0 radical (unpaired) electrons. The van der Waals surface area contributed by atoms with Crippen LogP contribution in [0.1, 0.15) is 16.8 Å². The van der Waals surface area contributed by atoms with Gasteiger partial charge in [0, 0.05) is 27.1 Å². The van der Waals surface area contributed by atoms with E-state index < -0.39 is 0 Å². The van der Waals surface area contributed by atoms with Gasteiger partial charge >= 0.3 is 0 Å². The van der Waals surface area contributed by atoms with Crippen LogP contribution in [0.25, 0.3) is 0 Å². The minimum Gasteiger partial charge on any atom is -0.345 e. The Balaban J connectivity index is 2.35. The number of nitrogens with zero attached hydrogens (tertiary/aromatic N) is 2. The van der Waals surface area contributed by atoms with Crippen molar-refractivity contribution in [3.8, 4) is 0 Å². The fourth-order valence-corrected chi connectivity index (χ4v) is 2.51. The van der Waals surface area contributed by atoms with Gasteiger partial charge in [0.15, 0.2) is 0 Å². The molecule has 1 aliphatic rings. The summed E-state index contributed by atoms with van der Waals surface area (Å²) >= 11 is 4.25. The summed E-state index contributed by atoms with van der Waals surface area (Å²) in [7, 11) is 3.42. The van der Waals surface area contributed by atoms with Crippen LogP contribution in [0, 0.1) is 5.92 Å². The molecule has 0 bridgehead atoms. The maximum absolute atomic E-state index is 12.2. The van der Waals surface area contributed by atoms with Crippen molar-refractivity contribution in [2.45, 2.75) is 6.42 Å². The van der Waals surface area contributed by atoms with Gasteiger partial charge in [0.05, 0.1) is 11.3 Å². The van der Waals surface area contributed by atoms with Crippen molar-refractivity contribution < 1.29 is 9.59 Å². The highest BCUT2D eigenvalue weighted by atomic mass is 32.1. The van der Waals surface area contributed by atoms with E-state index in [4.69, 9.17) is 0 Å². The predicted octanol–water partition coefficient (Wildman–Crippen LogP) is 1.67. The lowest BCUT2D eigenvalue weighted by Crippen LogP contribution is -2.29. The first-order chi connectivity index (χ1) is 9.04. The van der Waals surface area contributed by atoms with Crippen LogP contribution in [0.15, 0.2) is 24.3 Å². The third kappa shape index (κ3) is 2.76. The van der Waals surface area contributed by atoms with Crippen molar-refractivity contribution in [2.24, 2.45) is 5.92 Å². The van der Waals surface area contributed by atoms with Gasteiger partial charge in [-0.15, -0.1) is 0 Å². The molecule has 0 aromatic heterocycles. The first kappa shape index (κ1) is 13.9. The number of hydrogen-bond acceptors (Lipinski definition) is 3. The Morgan fingerprint density at radius 2 is 2.11 bits per heavy atom. The summed E-state index contributed by atoms with van der Waals surface area (Å²) in [6, 6.07) is 7.26. The molecule has 1 aliphatic heterocycles. The number of benzene rings is 1. The summed E-state index contributed by atoms with van der Waals surface area (Å²) in [5.74, 6) is 0.931. The molecule has 0 spiro atoms. The van der Waals surface area contributed by atoms with Gasteiger partial charge < -0.3 is 9.80 Å². The minimum atomic E-state index is -0.0854. The molecular weight excluding hydrogens is 260 g/mol. The van der Waals surface area contributed by atoms with E-state index in [1.54, 1.807) is 25.1 Å². The molecule has 1 aromatic rings. The van der Waals surface area contributed by atoms with Crippen LogP contribution in [0.2, 0.25) is 0 Å². The van der Waals surface area contributed by atoms with E-state index >= 15 is 0 Å². The Morgan fingerprint density at radius 3 is 2.68 bits per heavy atom. The normalized spacial score (nSPS) is 18.8. The molecule has 1 saturated heterocycles. The highest BCUT2D eigenvalue weighted by molar-refractivity contribution is 7.80. The van der Waals surface area contributed by atoms with E-state index in [9.17, 15) is 9.59 Å². The van der Waals surface area contributed by atoms with Gasteiger partial charge in [0.1, 0.15) is 0 Å². The first-order valence-corrected chi connectivity index (χ1v) is 6.89. The Labute approximate surface area is 118 Å². The lowest BCUT2D eigenvalue weighted by Gasteiger charge is -2.21. The molecular formula is C14H18N2O2S. The smallest absolute Gasteiger partial charge is 0.255 e. The number of anilines is 1. The SMILES string of the molecule is CN(C)C(=O)c1ccccc1N1CC(CS)CC1=O. The number of carbonyl (C=O) groups is 2. The summed E-state index contributed by atoms with van der Waals surface area (Å²) in [5.41, 5.74) is 1.27. The lowest BCUT2D eigenvalue weighted by atomic mass is 10.1. The van der Waals surface area contributed by atoms with Crippen LogP contribution in [0.5, 0.6) is 0 Å². The Bertz CT molecular complexity index is 502. The molecule has 1 heterocycles. The molecule has 19 heavy (non-hydrogen) atoms. The average molecular weight is 278 g/mol. The van der Waals surface area contributed by atoms with E-state index in [1.165, 1.54) is 4.90 Å². The summed E-state index contributed by atoms with van der Waals surface area (Å²) < 4.78 is 0. The molecule has 0 N–H and O–H groups in total. The highest BCUT2D eigenvalue weighted by Gasteiger charge is 2.31. The van der Waals surface area contributed by atoms with Crippen LogP contribution in [-0.2, 0) is 4.79 Å². The molecule has 1 aromatic carbocycles. The van der Waals surface area contributed by atoms with Crippen LogP contribution in [0.4, 0.5) is 5.69 Å². The van der Waals surface area contributed by atoms with Gasteiger partial charge in [0.2, 0.25) is 5.91 Å². The van der Waals surface area contributed by atoms with Gasteiger partial charge in [-0.05, 0) is 23.8 Å². The number of hydrogen-bond donors (Lipinski definition) is 1. The van der Waals surface area contributed by atoms with Crippen molar-refractivity contribution in [1.29, 1.82) is 0 Å². The van der Waals surface area contributed by atoms with E-state index in [1.807, 2.05) is 18.2 Å². The molecule has 4 nitrogen and oxygen atoms in total. The Morgan fingerprint density at radius 1 is 1.42 bits per heavy atom. The standard InChI is InChI=1S/C14H18N2O2S/c1-15(2)14(18)11-5-3-4-6-12(11)16-8-10(9-19)7-13(16)17/h3-6,10,19H,7-9H2,1-2H3. The zero-order valence-corrected chi connectivity index (χ0v) is 12.1. The van der Waals surface area contributed by atoms with E-state index in [0.29, 0.717) is 30.0 Å². The first-order valence-electron chi connectivity index (χ1n) is 6.26. The zero-order valence-electron chi connectivity index (χ0n) is 11.2. The van der Waals surface area contributed by atoms with Crippen molar-refractivity contribution in [1.82, 2.24) is 4.90 Å². The van der Waals surface area contributed by atoms with Crippen molar-refractivity contribution in [3.63, 3.8) is 0 Å². The van der Waals surface area contributed by atoms with Gasteiger partial charge in [-0.25, -0.2) is 0 Å². The number of para-hydroxylation sites is 1. The largest absolute Gasteiger partial charge is 0.345 e. The summed E-state index contributed by atoms with van der Waals surface area (Å²) in [5, 5.41) is 0. The van der Waals surface area contributed by atoms with Gasteiger partial charge in [0.25, 0.3) is 5.91 Å². The number of amides is 2. The molecule has 1 fully saturated rings. The third-order valence-electron chi connectivity index (χ3n) is 3.29. The molecule has 0 aliphatic carbocycles. The maximum Gasteiger partial charge on any atom is 0.255 e. The molecule has 2 amide bonds. The Kier molecular flexibility index (Phi) is 4.14. The average Bonchev–Trinajstić information content (AvgIpc) is 2.79. The van der Waals surface area contributed by atoms with Crippen molar-refractivity contribution >= 4 is 30.1 Å². The summed E-state index contributed by atoms with van der Waals surface area (Å²) in [4.78, 5) is 27.4. The van der Waals surface area contributed by atoms with E-state index in [-0.39, 0.29) is 17.7 Å². The molecule has 2 rings (SSSR count). The Hall–Kier alpha value is -1.49. The fourth-order valence-electron chi connectivity index (χ4n) is 2.27. The monoisotopic (exact) mass is 278 g/mol. The molecule has 5 heteroatoms. The molecule has 102 valence electrons. The number of rotatable bonds is 3. The predicted molar refractivity (Wildman–Crippen MR) is 78.8 cm³/mol. The van der Waals surface area contributed by atoms with E-state index in [2.05, 4.69) is 12.6 Å². The van der Waals surface area contributed by atoms with Gasteiger partial charge in [-0.2, -0.15) is 12.6 Å². The fraction of sp³-hybridized carbons (Fsp3) is 0.429. The van der Waals surface area contributed by atoms with Crippen LogP contribution < -0.4 is 4.90 Å². The molecule has 0 saturated carbocycles. The van der Waals surface area contributed by atoms with Crippen LogP contribution in [-0.4, -0.2) is 43.1 Å². The van der Waals surface area contributed by atoms with E-state index in [0.717, 1.165) is 0 Å². The van der Waals surface area contributed by atoms with Crippen LogP contribution in [0.3, 0.4) is 0 Å².